The summed E-state index contributed by atoms with van der Waals surface area (Å²) in [7, 11) is 4.72. The van der Waals surface area contributed by atoms with E-state index < -0.39 is 6.04 Å². The average molecular weight is 290 g/mol. The molecule has 2 rings (SSSR count). The first-order chi connectivity index (χ1) is 10.2. The second-order valence-electron chi connectivity index (χ2n) is 4.16. The highest BCUT2D eigenvalue weighted by atomic mass is 16.5. The zero-order valence-corrected chi connectivity index (χ0v) is 12.2. The van der Waals surface area contributed by atoms with Gasteiger partial charge in [0.25, 0.3) is 0 Å². The maximum absolute atomic E-state index is 5.71. The van der Waals surface area contributed by atoms with Gasteiger partial charge in [0.05, 0.1) is 27.4 Å². The van der Waals surface area contributed by atoms with Crippen LogP contribution < -0.4 is 25.5 Å². The number of aromatic nitrogens is 2. The van der Waals surface area contributed by atoms with Crippen LogP contribution in [0.2, 0.25) is 0 Å². The third-order valence-electron chi connectivity index (χ3n) is 3.07. The summed E-state index contributed by atoms with van der Waals surface area (Å²) in [6.07, 6.45) is 3.13. The van der Waals surface area contributed by atoms with E-state index in [9.17, 15) is 0 Å². The molecule has 21 heavy (non-hydrogen) atoms. The molecular formula is C14H18N4O3. The summed E-state index contributed by atoms with van der Waals surface area (Å²) < 4.78 is 15.9. The molecule has 0 aliphatic carbocycles. The SMILES string of the molecule is COc1ccc(OC)c(C(NN)c2nccnc2OC)c1. The summed E-state index contributed by atoms with van der Waals surface area (Å²) in [5, 5.41) is 0. The highest BCUT2D eigenvalue weighted by Gasteiger charge is 2.23. The summed E-state index contributed by atoms with van der Waals surface area (Å²) in [6, 6.07) is 5.00. The summed E-state index contributed by atoms with van der Waals surface area (Å²) in [6.45, 7) is 0. The summed E-state index contributed by atoms with van der Waals surface area (Å²) in [5.41, 5.74) is 4.06. The molecule has 1 aromatic carbocycles. The van der Waals surface area contributed by atoms with Crippen LogP contribution >= 0.6 is 0 Å². The highest BCUT2D eigenvalue weighted by Crippen LogP contribution is 2.34. The Morgan fingerprint density at radius 1 is 1.05 bits per heavy atom. The first-order valence-electron chi connectivity index (χ1n) is 6.28. The predicted molar refractivity (Wildman–Crippen MR) is 77.3 cm³/mol. The molecule has 0 bridgehead atoms. The van der Waals surface area contributed by atoms with Crippen molar-refractivity contribution in [1.29, 1.82) is 0 Å². The lowest BCUT2D eigenvalue weighted by Gasteiger charge is -2.20. The van der Waals surface area contributed by atoms with Gasteiger partial charge in [-0.05, 0) is 18.2 Å². The molecule has 0 aliphatic rings. The van der Waals surface area contributed by atoms with Crippen LogP contribution in [0, 0.1) is 0 Å². The Kier molecular flexibility index (Phi) is 4.91. The first-order valence-corrected chi connectivity index (χ1v) is 6.28. The molecule has 2 aromatic rings. The number of methoxy groups -OCH3 is 3. The highest BCUT2D eigenvalue weighted by molar-refractivity contribution is 5.46. The van der Waals surface area contributed by atoms with E-state index in [2.05, 4.69) is 15.4 Å². The van der Waals surface area contributed by atoms with E-state index >= 15 is 0 Å². The molecule has 7 nitrogen and oxygen atoms in total. The van der Waals surface area contributed by atoms with Crippen molar-refractivity contribution in [1.82, 2.24) is 15.4 Å². The van der Waals surface area contributed by atoms with Crippen LogP contribution in [0.15, 0.2) is 30.6 Å². The number of ether oxygens (including phenoxy) is 3. The van der Waals surface area contributed by atoms with E-state index in [0.29, 0.717) is 23.1 Å². The zero-order valence-electron chi connectivity index (χ0n) is 12.2. The topological polar surface area (TPSA) is 91.5 Å². The van der Waals surface area contributed by atoms with Crippen molar-refractivity contribution in [3.63, 3.8) is 0 Å². The van der Waals surface area contributed by atoms with Crippen LogP contribution in [0.3, 0.4) is 0 Å². The van der Waals surface area contributed by atoms with Crippen LogP contribution in [-0.2, 0) is 0 Å². The number of benzene rings is 1. The van der Waals surface area contributed by atoms with Crippen LogP contribution in [0.4, 0.5) is 0 Å². The van der Waals surface area contributed by atoms with Gasteiger partial charge in [-0.1, -0.05) is 0 Å². The van der Waals surface area contributed by atoms with E-state index in [4.69, 9.17) is 20.1 Å². The maximum atomic E-state index is 5.71. The Balaban J connectivity index is 2.55. The molecule has 1 unspecified atom stereocenters. The second kappa shape index (κ2) is 6.87. The summed E-state index contributed by atoms with van der Waals surface area (Å²) >= 11 is 0. The van der Waals surface area contributed by atoms with Gasteiger partial charge in [0.15, 0.2) is 0 Å². The van der Waals surface area contributed by atoms with Crippen LogP contribution in [0.1, 0.15) is 17.3 Å². The molecule has 1 atom stereocenters. The fraction of sp³-hybridized carbons (Fsp3) is 0.286. The first kappa shape index (κ1) is 15.0. The van der Waals surface area contributed by atoms with Gasteiger partial charge in [0.2, 0.25) is 5.88 Å². The number of hydrogen-bond acceptors (Lipinski definition) is 7. The van der Waals surface area contributed by atoms with Crippen molar-refractivity contribution in [2.24, 2.45) is 5.84 Å². The fourth-order valence-corrected chi connectivity index (χ4v) is 2.07. The Morgan fingerprint density at radius 3 is 2.43 bits per heavy atom. The van der Waals surface area contributed by atoms with E-state index in [1.54, 1.807) is 32.7 Å². The largest absolute Gasteiger partial charge is 0.497 e. The van der Waals surface area contributed by atoms with Gasteiger partial charge < -0.3 is 14.2 Å². The monoisotopic (exact) mass is 290 g/mol. The number of nitrogens with zero attached hydrogens (tertiary/aromatic N) is 2. The van der Waals surface area contributed by atoms with Gasteiger partial charge in [0, 0.05) is 18.0 Å². The lowest BCUT2D eigenvalue weighted by Crippen LogP contribution is -2.30. The number of rotatable bonds is 6. The number of hydrogen-bond donors (Lipinski definition) is 2. The molecule has 0 spiro atoms. The Morgan fingerprint density at radius 2 is 1.81 bits per heavy atom. The lowest BCUT2D eigenvalue weighted by molar-refractivity contribution is 0.376. The third kappa shape index (κ3) is 3.04. The lowest BCUT2D eigenvalue weighted by atomic mass is 10.0. The standard InChI is InChI=1S/C14H18N4O3/c1-19-9-4-5-11(20-2)10(8-9)12(18-15)13-14(21-3)17-7-6-16-13/h4-8,12,18H,15H2,1-3H3. The minimum atomic E-state index is -0.446. The average Bonchev–Trinajstić information content (AvgIpc) is 2.55. The van der Waals surface area contributed by atoms with E-state index in [0.717, 1.165) is 5.56 Å². The van der Waals surface area contributed by atoms with Gasteiger partial charge in [-0.3, -0.25) is 10.8 Å². The summed E-state index contributed by atoms with van der Waals surface area (Å²) in [4.78, 5) is 8.44. The molecular weight excluding hydrogens is 272 g/mol. The molecule has 0 aliphatic heterocycles. The quantitative estimate of drug-likeness (QED) is 0.607. The molecule has 0 saturated carbocycles. The molecule has 3 N–H and O–H groups in total. The van der Waals surface area contributed by atoms with Gasteiger partial charge in [-0.2, -0.15) is 0 Å². The molecule has 112 valence electrons. The van der Waals surface area contributed by atoms with Gasteiger partial charge in [0.1, 0.15) is 17.2 Å². The third-order valence-corrected chi connectivity index (χ3v) is 3.07. The molecule has 0 saturated heterocycles. The molecule has 0 amide bonds. The Bertz CT molecular complexity index is 607. The molecule has 0 fully saturated rings. The van der Waals surface area contributed by atoms with E-state index in [1.807, 2.05) is 12.1 Å². The smallest absolute Gasteiger partial charge is 0.237 e. The van der Waals surface area contributed by atoms with Crippen LogP contribution in [0.25, 0.3) is 0 Å². The zero-order chi connectivity index (χ0) is 15.2. The molecule has 1 heterocycles. The van der Waals surface area contributed by atoms with Gasteiger partial charge >= 0.3 is 0 Å². The normalized spacial score (nSPS) is 11.8. The minimum absolute atomic E-state index is 0.394. The van der Waals surface area contributed by atoms with Crippen molar-refractivity contribution in [3.05, 3.63) is 41.9 Å². The van der Waals surface area contributed by atoms with E-state index in [1.165, 1.54) is 7.11 Å². The van der Waals surface area contributed by atoms with Crippen molar-refractivity contribution in [2.75, 3.05) is 21.3 Å². The van der Waals surface area contributed by atoms with Crippen LogP contribution in [0.5, 0.6) is 17.4 Å². The van der Waals surface area contributed by atoms with Crippen molar-refractivity contribution < 1.29 is 14.2 Å². The second-order valence-corrected chi connectivity index (χ2v) is 4.16. The number of hydrazine groups is 1. The molecule has 7 heteroatoms. The van der Waals surface area contributed by atoms with Crippen molar-refractivity contribution >= 4 is 0 Å². The van der Waals surface area contributed by atoms with Crippen molar-refractivity contribution in [2.45, 2.75) is 6.04 Å². The Hall–Kier alpha value is -2.38. The van der Waals surface area contributed by atoms with Crippen molar-refractivity contribution in [3.8, 4) is 17.4 Å². The number of nitrogens with one attached hydrogen (secondary N) is 1. The number of nitrogens with two attached hydrogens (primary N) is 1. The predicted octanol–water partition coefficient (Wildman–Crippen LogP) is 1.06. The van der Waals surface area contributed by atoms with Crippen LogP contribution in [-0.4, -0.2) is 31.3 Å². The maximum Gasteiger partial charge on any atom is 0.237 e. The summed E-state index contributed by atoms with van der Waals surface area (Å²) in [5.74, 6) is 7.45. The minimum Gasteiger partial charge on any atom is -0.497 e. The van der Waals surface area contributed by atoms with E-state index in [-0.39, 0.29) is 0 Å². The Labute approximate surface area is 123 Å². The molecule has 1 aromatic heterocycles. The molecule has 0 radical (unpaired) electrons. The van der Waals surface area contributed by atoms with Gasteiger partial charge in [-0.15, -0.1) is 0 Å². The van der Waals surface area contributed by atoms with Gasteiger partial charge in [-0.25, -0.2) is 10.4 Å². The fourth-order valence-electron chi connectivity index (χ4n) is 2.07.